The van der Waals surface area contributed by atoms with Crippen LogP contribution in [-0.2, 0) is 9.53 Å². The maximum atomic E-state index is 12.9. The topological polar surface area (TPSA) is 108 Å². The van der Waals surface area contributed by atoms with Gasteiger partial charge in [0.25, 0.3) is 0 Å². The molecular formula is C28H42N8O3. The lowest BCUT2D eigenvalue weighted by Gasteiger charge is -2.33. The molecule has 5 rings (SSSR count). The average Bonchev–Trinajstić information content (AvgIpc) is 3.40. The maximum absolute atomic E-state index is 12.9. The van der Waals surface area contributed by atoms with Crippen molar-refractivity contribution in [3.05, 3.63) is 24.5 Å². The van der Waals surface area contributed by atoms with E-state index in [0.717, 1.165) is 35.5 Å². The number of imidazole rings is 1. The van der Waals surface area contributed by atoms with E-state index in [4.69, 9.17) is 9.72 Å². The maximum Gasteiger partial charge on any atom is 0.410 e. The number of ether oxygens (including phenoxy) is 1. The van der Waals surface area contributed by atoms with Crippen molar-refractivity contribution in [1.29, 1.82) is 0 Å². The number of likely N-dealkylation sites (tertiary alicyclic amines) is 2. The van der Waals surface area contributed by atoms with E-state index < -0.39 is 0 Å². The van der Waals surface area contributed by atoms with Gasteiger partial charge in [-0.1, -0.05) is 6.08 Å². The van der Waals surface area contributed by atoms with E-state index in [1.165, 1.54) is 12.8 Å². The SMILES string of the molecule is CC(C)n1cnc2c(NC3CCN(C(=O)O[C@H]4CCN(C(=O)/C=C/CN(C)C)C4)CC3)cc(NC3CC3)nc21. The van der Waals surface area contributed by atoms with Crippen LogP contribution >= 0.6 is 0 Å². The zero-order valence-corrected chi connectivity index (χ0v) is 23.6. The summed E-state index contributed by atoms with van der Waals surface area (Å²) in [4.78, 5) is 40.3. The number of anilines is 2. The summed E-state index contributed by atoms with van der Waals surface area (Å²) >= 11 is 0. The molecule has 4 heterocycles. The van der Waals surface area contributed by atoms with Crippen LogP contribution in [0, 0.1) is 0 Å². The lowest BCUT2D eigenvalue weighted by atomic mass is 10.0. The van der Waals surface area contributed by atoms with Crippen molar-refractivity contribution in [1.82, 2.24) is 29.2 Å². The van der Waals surface area contributed by atoms with Gasteiger partial charge in [0, 0.05) is 62.9 Å². The standard InChI is InChI=1S/C28H42N8O3/c1-19(2)36-18-29-26-23(16-24(32-27(26)36)31-20-7-8-20)30-21-9-13-34(14-10-21)28(38)39-22-11-15-35(17-22)25(37)6-5-12-33(3)4/h5-6,16,18-22H,7-15,17H2,1-4H3,(H2,30,31,32)/b6-5+/t22-/m0/s1. The summed E-state index contributed by atoms with van der Waals surface area (Å²) in [5.74, 6) is 0.856. The van der Waals surface area contributed by atoms with E-state index in [1.54, 1.807) is 15.9 Å². The van der Waals surface area contributed by atoms with Crippen LogP contribution in [0.15, 0.2) is 24.5 Å². The third-order valence-corrected chi connectivity index (χ3v) is 7.58. The molecule has 0 bridgehead atoms. The van der Waals surface area contributed by atoms with Gasteiger partial charge in [-0.25, -0.2) is 14.8 Å². The summed E-state index contributed by atoms with van der Waals surface area (Å²) in [5, 5.41) is 7.23. The Kier molecular flexibility index (Phi) is 8.25. The molecule has 0 spiro atoms. The van der Waals surface area contributed by atoms with Gasteiger partial charge in [0.15, 0.2) is 5.65 Å². The number of carbonyl (C=O) groups excluding carboxylic acids is 2. The van der Waals surface area contributed by atoms with Crippen LogP contribution in [0.2, 0.25) is 0 Å². The van der Waals surface area contributed by atoms with Gasteiger partial charge in [-0.15, -0.1) is 0 Å². The van der Waals surface area contributed by atoms with E-state index in [9.17, 15) is 9.59 Å². The molecule has 11 heteroatoms. The number of rotatable bonds is 9. The molecule has 3 aliphatic rings. The van der Waals surface area contributed by atoms with Crippen LogP contribution in [0.4, 0.5) is 16.3 Å². The smallest absolute Gasteiger partial charge is 0.410 e. The fourth-order valence-corrected chi connectivity index (χ4v) is 5.14. The van der Waals surface area contributed by atoms with Crippen LogP contribution in [0.5, 0.6) is 0 Å². The predicted molar refractivity (Wildman–Crippen MR) is 152 cm³/mol. The molecule has 0 unspecified atom stereocenters. The molecule has 0 aromatic carbocycles. The summed E-state index contributed by atoms with van der Waals surface area (Å²) in [6, 6.07) is 3.08. The molecule has 1 atom stereocenters. The predicted octanol–water partition coefficient (Wildman–Crippen LogP) is 3.32. The Balaban J connectivity index is 1.13. The number of aromatic nitrogens is 3. The van der Waals surface area contributed by atoms with Gasteiger partial charge in [-0.3, -0.25) is 4.79 Å². The first-order valence-corrected chi connectivity index (χ1v) is 14.2. The van der Waals surface area contributed by atoms with Crippen LogP contribution in [0.3, 0.4) is 0 Å². The molecule has 39 heavy (non-hydrogen) atoms. The van der Waals surface area contributed by atoms with Gasteiger partial charge < -0.3 is 34.6 Å². The molecular weight excluding hydrogens is 496 g/mol. The number of hydrogen-bond acceptors (Lipinski definition) is 8. The highest BCUT2D eigenvalue weighted by Crippen LogP contribution is 2.31. The Labute approximate surface area is 230 Å². The van der Waals surface area contributed by atoms with Crippen molar-refractivity contribution in [2.75, 3.05) is 57.5 Å². The molecule has 0 radical (unpaired) electrons. The van der Waals surface area contributed by atoms with Crippen LogP contribution in [0.25, 0.3) is 11.2 Å². The van der Waals surface area contributed by atoms with Gasteiger partial charge in [0.05, 0.1) is 18.6 Å². The summed E-state index contributed by atoms with van der Waals surface area (Å²) in [7, 11) is 3.92. The highest BCUT2D eigenvalue weighted by Gasteiger charge is 2.31. The first-order chi connectivity index (χ1) is 18.8. The van der Waals surface area contributed by atoms with Gasteiger partial charge >= 0.3 is 6.09 Å². The summed E-state index contributed by atoms with van der Waals surface area (Å²) in [5.41, 5.74) is 2.75. The molecule has 212 valence electrons. The molecule has 2 aromatic heterocycles. The van der Waals surface area contributed by atoms with Crippen molar-refractivity contribution < 1.29 is 14.3 Å². The van der Waals surface area contributed by atoms with Crippen LogP contribution in [0.1, 0.15) is 52.0 Å². The van der Waals surface area contributed by atoms with Gasteiger partial charge in [-0.2, -0.15) is 0 Å². The molecule has 1 aliphatic carbocycles. The van der Waals surface area contributed by atoms with Crippen molar-refractivity contribution in [3.63, 3.8) is 0 Å². The monoisotopic (exact) mass is 538 g/mol. The fraction of sp³-hybridized carbons (Fsp3) is 0.643. The summed E-state index contributed by atoms with van der Waals surface area (Å²) in [6.07, 6.45) is 9.48. The number of amides is 2. The minimum atomic E-state index is -0.284. The number of pyridine rings is 1. The average molecular weight is 539 g/mol. The van der Waals surface area contributed by atoms with Crippen molar-refractivity contribution >= 4 is 34.7 Å². The number of carbonyl (C=O) groups is 2. The molecule has 2 N–H and O–H groups in total. The molecule has 2 aromatic rings. The molecule has 11 nitrogen and oxygen atoms in total. The van der Waals surface area contributed by atoms with E-state index in [2.05, 4.69) is 40.1 Å². The largest absolute Gasteiger partial charge is 0.444 e. The molecule has 3 fully saturated rings. The second kappa shape index (κ2) is 11.8. The van der Waals surface area contributed by atoms with Gasteiger partial charge in [-0.05, 0) is 53.6 Å². The highest BCUT2D eigenvalue weighted by atomic mass is 16.6. The molecule has 2 saturated heterocycles. The Morgan fingerprint density at radius 1 is 1.08 bits per heavy atom. The first-order valence-electron chi connectivity index (χ1n) is 14.2. The number of nitrogens with one attached hydrogen (secondary N) is 2. The third kappa shape index (κ3) is 6.81. The number of likely N-dealkylation sites (N-methyl/N-ethyl adjacent to an activating group) is 1. The lowest BCUT2D eigenvalue weighted by Crippen LogP contribution is -2.44. The van der Waals surface area contributed by atoms with Crippen LogP contribution in [-0.4, -0.2) is 106 Å². The second-order valence-electron chi connectivity index (χ2n) is 11.5. The van der Waals surface area contributed by atoms with Crippen molar-refractivity contribution in [2.45, 2.75) is 70.2 Å². The van der Waals surface area contributed by atoms with Gasteiger partial charge in [0.2, 0.25) is 5.91 Å². The van der Waals surface area contributed by atoms with Gasteiger partial charge in [0.1, 0.15) is 17.4 Å². The van der Waals surface area contributed by atoms with E-state index in [0.29, 0.717) is 45.2 Å². The summed E-state index contributed by atoms with van der Waals surface area (Å²) < 4.78 is 7.89. The zero-order valence-electron chi connectivity index (χ0n) is 23.6. The Morgan fingerprint density at radius 3 is 2.49 bits per heavy atom. The molecule has 2 amide bonds. The Morgan fingerprint density at radius 2 is 1.79 bits per heavy atom. The van der Waals surface area contributed by atoms with Crippen molar-refractivity contribution in [3.8, 4) is 0 Å². The Bertz CT molecular complexity index is 1200. The third-order valence-electron chi connectivity index (χ3n) is 7.58. The van der Waals surface area contributed by atoms with E-state index in [-0.39, 0.29) is 30.2 Å². The van der Waals surface area contributed by atoms with E-state index >= 15 is 0 Å². The summed E-state index contributed by atoms with van der Waals surface area (Å²) in [6.45, 7) is 7.30. The quantitative estimate of drug-likeness (QED) is 0.468. The number of nitrogens with zero attached hydrogens (tertiary/aromatic N) is 6. The number of fused-ring (bicyclic) bond motifs is 1. The van der Waals surface area contributed by atoms with Crippen molar-refractivity contribution in [2.24, 2.45) is 0 Å². The van der Waals surface area contributed by atoms with E-state index in [1.807, 2.05) is 31.4 Å². The fourth-order valence-electron chi connectivity index (χ4n) is 5.14. The van der Waals surface area contributed by atoms with Crippen LogP contribution < -0.4 is 10.6 Å². The normalized spacial score (nSPS) is 20.5. The Hall–Kier alpha value is -3.34. The number of piperidine rings is 1. The lowest BCUT2D eigenvalue weighted by molar-refractivity contribution is -0.125. The molecule has 2 aliphatic heterocycles. The second-order valence-corrected chi connectivity index (χ2v) is 11.5. The molecule has 1 saturated carbocycles. The first kappa shape index (κ1) is 27.2. The minimum absolute atomic E-state index is 0.0266. The zero-order chi connectivity index (χ0) is 27.5. The minimum Gasteiger partial charge on any atom is -0.444 e. The number of hydrogen-bond donors (Lipinski definition) is 2. The highest BCUT2D eigenvalue weighted by molar-refractivity contribution is 5.88.